The Morgan fingerprint density at radius 2 is 2.04 bits per heavy atom. The summed E-state index contributed by atoms with van der Waals surface area (Å²) in [5, 5.41) is 0. The van der Waals surface area contributed by atoms with E-state index >= 15 is 0 Å². The molecular formula is C24H32O4. The van der Waals surface area contributed by atoms with Gasteiger partial charge in [-0.15, -0.1) is 0 Å². The zero-order valence-corrected chi connectivity index (χ0v) is 16.8. The van der Waals surface area contributed by atoms with Crippen LogP contribution < -0.4 is 0 Å². The van der Waals surface area contributed by atoms with Crippen LogP contribution in [0.15, 0.2) is 42.5 Å². The third kappa shape index (κ3) is 5.78. The van der Waals surface area contributed by atoms with Gasteiger partial charge in [0.25, 0.3) is 0 Å². The van der Waals surface area contributed by atoms with Crippen molar-refractivity contribution in [3.05, 3.63) is 48.0 Å². The highest BCUT2D eigenvalue weighted by Gasteiger charge is 2.59. The van der Waals surface area contributed by atoms with Gasteiger partial charge < -0.3 is 9.47 Å². The molecule has 0 radical (unpaired) electrons. The Morgan fingerprint density at radius 3 is 2.82 bits per heavy atom. The SMILES string of the molecule is CCOC(=O)COCCCC[C@@H]1C(=O)C[C@H]2C(C=CCCc3ccccc3)[C@@H]12. The van der Waals surface area contributed by atoms with Gasteiger partial charge in [0, 0.05) is 18.9 Å². The zero-order chi connectivity index (χ0) is 19.8. The maximum absolute atomic E-state index is 12.2. The molecule has 0 aliphatic heterocycles. The highest BCUT2D eigenvalue weighted by molar-refractivity contribution is 5.85. The first-order chi connectivity index (χ1) is 13.7. The van der Waals surface area contributed by atoms with E-state index in [1.165, 1.54) is 5.56 Å². The van der Waals surface area contributed by atoms with Crippen molar-refractivity contribution in [3.8, 4) is 0 Å². The number of esters is 1. The number of rotatable bonds is 12. The molecule has 4 heteroatoms. The van der Waals surface area contributed by atoms with Gasteiger partial charge in [-0.3, -0.25) is 4.79 Å². The fraction of sp³-hybridized carbons (Fsp3) is 0.583. The lowest BCUT2D eigenvalue weighted by molar-refractivity contribution is -0.148. The van der Waals surface area contributed by atoms with Gasteiger partial charge in [-0.2, -0.15) is 0 Å². The van der Waals surface area contributed by atoms with E-state index in [9.17, 15) is 9.59 Å². The van der Waals surface area contributed by atoms with E-state index in [-0.39, 0.29) is 18.5 Å². The summed E-state index contributed by atoms with van der Waals surface area (Å²) in [4.78, 5) is 23.4. The van der Waals surface area contributed by atoms with Crippen molar-refractivity contribution in [2.45, 2.75) is 45.4 Å². The average Bonchev–Trinajstić information content (AvgIpc) is 3.25. The number of hydrogen-bond donors (Lipinski definition) is 0. The minimum atomic E-state index is -0.309. The predicted octanol–water partition coefficient (Wildman–Crippen LogP) is 4.38. The molecule has 4 atom stereocenters. The molecule has 0 aromatic heterocycles. The van der Waals surface area contributed by atoms with Crippen LogP contribution in [0.2, 0.25) is 0 Å². The Labute approximate surface area is 168 Å². The van der Waals surface area contributed by atoms with Gasteiger partial charge in [0.2, 0.25) is 0 Å². The number of benzene rings is 1. The summed E-state index contributed by atoms with van der Waals surface area (Å²) in [6, 6.07) is 10.6. The van der Waals surface area contributed by atoms with E-state index in [1.54, 1.807) is 6.92 Å². The molecule has 0 amide bonds. The Balaban J connectivity index is 1.30. The molecule has 28 heavy (non-hydrogen) atoms. The molecular weight excluding hydrogens is 352 g/mol. The number of unbranched alkanes of at least 4 members (excludes halogenated alkanes) is 1. The summed E-state index contributed by atoms with van der Waals surface area (Å²) in [6.07, 6.45) is 10.4. The summed E-state index contributed by atoms with van der Waals surface area (Å²) >= 11 is 0. The number of aryl methyl sites for hydroxylation is 1. The van der Waals surface area contributed by atoms with Crippen molar-refractivity contribution in [1.82, 2.24) is 0 Å². The van der Waals surface area contributed by atoms with Crippen LogP contribution >= 0.6 is 0 Å². The minimum absolute atomic E-state index is 0.0246. The predicted molar refractivity (Wildman–Crippen MR) is 109 cm³/mol. The van der Waals surface area contributed by atoms with Gasteiger partial charge in [0.1, 0.15) is 12.4 Å². The van der Waals surface area contributed by atoms with Gasteiger partial charge in [-0.1, -0.05) is 48.9 Å². The number of carbonyl (C=O) groups excluding carboxylic acids is 2. The summed E-state index contributed by atoms with van der Waals surface area (Å²) in [6.45, 7) is 2.75. The number of fused-ring (bicyclic) bond motifs is 1. The van der Waals surface area contributed by atoms with Gasteiger partial charge in [-0.25, -0.2) is 4.79 Å². The summed E-state index contributed by atoms with van der Waals surface area (Å²) < 4.78 is 10.2. The fourth-order valence-corrected chi connectivity index (χ4v) is 4.56. The molecule has 2 saturated carbocycles. The Morgan fingerprint density at radius 1 is 1.21 bits per heavy atom. The van der Waals surface area contributed by atoms with Crippen molar-refractivity contribution >= 4 is 11.8 Å². The average molecular weight is 385 g/mol. The number of ketones is 1. The molecule has 3 rings (SSSR count). The molecule has 152 valence electrons. The van der Waals surface area contributed by atoms with Gasteiger partial charge in [-0.05, 0) is 55.9 Å². The standard InChI is InChI=1S/C24H32O4/c1-2-28-23(26)17-27-15-9-8-14-20-22(25)16-21-19(24(20)21)13-7-6-12-18-10-4-3-5-11-18/h3-5,7,10-11,13,19-21,24H,2,6,8-9,12,14-17H2,1H3/t19?,20-,21+,24+/m1/s1. The molecule has 2 aliphatic carbocycles. The third-order valence-corrected chi connectivity index (χ3v) is 5.99. The molecule has 4 nitrogen and oxygen atoms in total. The van der Waals surface area contributed by atoms with Crippen LogP contribution in [-0.4, -0.2) is 31.6 Å². The number of carbonyl (C=O) groups is 2. The zero-order valence-electron chi connectivity index (χ0n) is 16.8. The van der Waals surface area contributed by atoms with Crippen molar-refractivity contribution < 1.29 is 19.1 Å². The second-order valence-electron chi connectivity index (χ2n) is 7.90. The van der Waals surface area contributed by atoms with E-state index in [1.807, 2.05) is 0 Å². The first-order valence-corrected chi connectivity index (χ1v) is 10.7. The van der Waals surface area contributed by atoms with Crippen molar-refractivity contribution in [2.75, 3.05) is 19.8 Å². The number of allylic oxidation sites excluding steroid dienone is 2. The van der Waals surface area contributed by atoms with Crippen LogP contribution in [0.1, 0.15) is 44.6 Å². The second kappa shape index (κ2) is 10.6. The topological polar surface area (TPSA) is 52.6 Å². The fourth-order valence-electron chi connectivity index (χ4n) is 4.56. The maximum atomic E-state index is 12.2. The van der Waals surface area contributed by atoms with Crippen LogP contribution in [0, 0.1) is 23.7 Å². The summed E-state index contributed by atoms with van der Waals surface area (Å²) in [7, 11) is 0. The minimum Gasteiger partial charge on any atom is -0.464 e. The van der Waals surface area contributed by atoms with E-state index in [2.05, 4.69) is 42.5 Å². The molecule has 1 aromatic rings. The quantitative estimate of drug-likeness (QED) is 0.305. The van der Waals surface area contributed by atoms with Gasteiger partial charge in [0.15, 0.2) is 0 Å². The summed E-state index contributed by atoms with van der Waals surface area (Å²) in [5.41, 5.74) is 1.38. The highest BCUT2D eigenvalue weighted by atomic mass is 16.6. The molecule has 0 bridgehead atoms. The molecule has 2 aliphatic rings. The Kier molecular flexibility index (Phi) is 7.84. The monoisotopic (exact) mass is 384 g/mol. The van der Waals surface area contributed by atoms with Gasteiger partial charge >= 0.3 is 5.97 Å². The third-order valence-electron chi connectivity index (χ3n) is 5.99. The van der Waals surface area contributed by atoms with Crippen molar-refractivity contribution in [1.29, 1.82) is 0 Å². The van der Waals surface area contributed by atoms with Gasteiger partial charge in [0.05, 0.1) is 6.61 Å². The molecule has 2 fully saturated rings. The number of hydrogen-bond acceptors (Lipinski definition) is 4. The molecule has 0 heterocycles. The molecule has 0 spiro atoms. The van der Waals surface area contributed by atoms with E-state index in [0.717, 1.165) is 38.5 Å². The molecule has 0 saturated heterocycles. The van der Waals surface area contributed by atoms with E-state index in [4.69, 9.17) is 9.47 Å². The first kappa shape index (κ1) is 20.8. The Hall–Kier alpha value is -1.94. The number of Topliss-reactive ketones (excluding diaryl/α,β-unsaturated/α-hetero) is 1. The molecule has 1 unspecified atom stereocenters. The van der Waals surface area contributed by atoms with Crippen LogP contribution in [0.5, 0.6) is 0 Å². The van der Waals surface area contributed by atoms with E-state index < -0.39 is 0 Å². The largest absolute Gasteiger partial charge is 0.464 e. The second-order valence-corrected chi connectivity index (χ2v) is 7.90. The lowest BCUT2D eigenvalue weighted by Gasteiger charge is -2.12. The lowest BCUT2D eigenvalue weighted by atomic mass is 9.93. The molecule has 1 aromatic carbocycles. The summed E-state index contributed by atoms with van der Waals surface area (Å²) in [5.74, 6) is 2.15. The van der Waals surface area contributed by atoms with Crippen LogP contribution in [0.25, 0.3) is 0 Å². The first-order valence-electron chi connectivity index (χ1n) is 10.7. The van der Waals surface area contributed by atoms with Crippen molar-refractivity contribution in [3.63, 3.8) is 0 Å². The van der Waals surface area contributed by atoms with Crippen LogP contribution in [0.4, 0.5) is 0 Å². The van der Waals surface area contributed by atoms with E-state index in [0.29, 0.717) is 36.8 Å². The van der Waals surface area contributed by atoms with Crippen LogP contribution in [0.3, 0.4) is 0 Å². The highest BCUT2D eigenvalue weighted by Crippen LogP contribution is 2.60. The Bertz CT molecular complexity index is 666. The number of ether oxygens (including phenoxy) is 2. The normalized spacial score (nSPS) is 25.8. The van der Waals surface area contributed by atoms with Crippen LogP contribution in [-0.2, 0) is 25.5 Å². The van der Waals surface area contributed by atoms with Crippen molar-refractivity contribution in [2.24, 2.45) is 23.7 Å². The maximum Gasteiger partial charge on any atom is 0.332 e. The smallest absolute Gasteiger partial charge is 0.332 e. The molecule has 0 N–H and O–H groups in total. The lowest BCUT2D eigenvalue weighted by Crippen LogP contribution is -2.15.